The summed E-state index contributed by atoms with van der Waals surface area (Å²) in [5, 5.41) is 6.61. The first-order valence-electron chi connectivity index (χ1n) is 10.1. The Bertz CT molecular complexity index is 668. The monoisotopic (exact) mass is 515 g/mol. The predicted molar refractivity (Wildman–Crippen MR) is 127 cm³/mol. The molecule has 1 aromatic rings. The van der Waals surface area contributed by atoms with Crippen molar-refractivity contribution in [1.82, 2.24) is 20.4 Å². The summed E-state index contributed by atoms with van der Waals surface area (Å²) in [4.78, 5) is 32.3. The average molecular weight is 515 g/mol. The number of halogens is 1. The van der Waals surface area contributed by atoms with Crippen molar-refractivity contribution in [2.45, 2.75) is 45.7 Å². The second-order valence-electron chi connectivity index (χ2n) is 7.07. The number of amides is 2. The van der Waals surface area contributed by atoms with E-state index in [-0.39, 0.29) is 41.8 Å². The zero-order chi connectivity index (χ0) is 20.4. The molecule has 0 aliphatic carbocycles. The molecule has 0 radical (unpaired) electrons. The lowest BCUT2D eigenvalue weighted by molar-refractivity contribution is -0.130. The standard InChI is InChI=1S/C21H33N5O2.HI/c1-4-19(27)26-14-12-18(16-26)24-21(22-5-2)23-13-11-20(28)25(3)15-17-9-7-6-8-10-17;/h6-10,18H,4-5,11-16H2,1-3H3,(H2,22,23,24);1H. The second-order valence-corrected chi connectivity index (χ2v) is 7.07. The Balaban J connectivity index is 0.00000420. The SMILES string of the molecule is CCNC(=NCCC(=O)N(C)Cc1ccccc1)NC1CCN(C(=O)CC)C1.I. The van der Waals surface area contributed by atoms with Crippen molar-refractivity contribution < 1.29 is 9.59 Å². The van der Waals surface area contributed by atoms with Crippen LogP contribution in [0.3, 0.4) is 0 Å². The van der Waals surface area contributed by atoms with Crippen LogP contribution >= 0.6 is 24.0 Å². The summed E-state index contributed by atoms with van der Waals surface area (Å²) in [5.74, 6) is 0.971. The van der Waals surface area contributed by atoms with Crippen LogP contribution in [0.1, 0.15) is 38.7 Å². The Morgan fingerprint density at radius 2 is 1.97 bits per heavy atom. The summed E-state index contributed by atoms with van der Waals surface area (Å²) in [7, 11) is 1.82. The molecule has 7 nitrogen and oxygen atoms in total. The summed E-state index contributed by atoms with van der Waals surface area (Å²) in [6.07, 6.45) is 1.82. The zero-order valence-corrected chi connectivity index (χ0v) is 20.0. The van der Waals surface area contributed by atoms with Gasteiger partial charge in [-0.15, -0.1) is 24.0 Å². The van der Waals surface area contributed by atoms with Gasteiger partial charge in [0.1, 0.15) is 0 Å². The van der Waals surface area contributed by atoms with Gasteiger partial charge in [-0.25, -0.2) is 0 Å². The van der Waals surface area contributed by atoms with E-state index in [1.54, 1.807) is 4.90 Å². The Hall–Kier alpha value is -1.84. The van der Waals surface area contributed by atoms with Crippen molar-refractivity contribution in [2.75, 3.05) is 33.2 Å². The van der Waals surface area contributed by atoms with Crippen LogP contribution in [-0.2, 0) is 16.1 Å². The molecule has 29 heavy (non-hydrogen) atoms. The smallest absolute Gasteiger partial charge is 0.224 e. The van der Waals surface area contributed by atoms with E-state index < -0.39 is 0 Å². The molecule has 0 saturated carbocycles. The minimum atomic E-state index is 0. The van der Waals surface area contributed by atoms with Gasteiger partial charge in [-0.1, -0.05) is 37.3 Å². The molecule has 1 aromatic carbocycles. The number of nitrogens with zero attached hydrogens (tertiary/aromatic N) is 3. The molecule has 162 valence electrons. The number of carbonyl (C=O) groups is 2. The fourth-order valence-electron chi connectivity index (χ4n) is 3.24. The number of hydrogen-bond donors (Lipinski definition) is 2. The minimum absolute atomic E-state index is 0. The number of benzene rings is 1. The second kappa shape index (κ2) is 13.4. The van der Waals surface area contributed by atoms with Gasteiger partial charge in [0.25, 0.3) is 0 Å². The largest absolute Gasteiger partial charge is 0.357 e. The van der Waals surface area contributed by atoms with E-state index in [1.165, 1.54) is 0 Å². The van der Waals surface area contributed by atoms with Gasteiger partial charge in [0, 0.05) is 52.1 Å². The van der Waals surface area contributed by atoms with Gasteiger partial charge in [0.2, 0.25) is 11.8 Å². The molecular formula is C21H34IN5O2. The predicted octanol–water partition coefficient (Wildman–Crippen LogP) is 2.22. The van der Waals surface area contributed by atoms with E-state index in [0.717, 1.165) is 25.1 Å². The molecule has 1 fully saturated rings. The van der Waals surface area contributed by atoms with E-state index in [0.29, 0.717) is 38.4 Å². The Morgan fingerprint density at radius 1 is 1.24 bits per heavy atom. The number of nitrogens with one attached hydrogen (secondary N) is 2. The number of likely N-dealkylation sites (tertiary alicyclic amines) is 1. The van der Waals surface area contributed by atoms with Gasteiger partial charge < -0.3 is 20.4 Å². The third-order valence-corrected chi connectivity index (χ3v) is 4.81. The molecule has 1 atom stereocenters. The maximum absolute atomic E-state index is 12.4. The fourth-order valence-corrected chi connectivity index (χ4v) is 3.24. The molecule has 2 N–H and O–H groups in total. The molecular weight excluding hydrogens is 481 g/mol. The third kappa shape index (κ3) is 8.59. The molecule has 0 bridgehead atoms. The quantitative estimate of drug-likeness (QED) is 0.316. The first kappa shape index (κ1) is 25.2. The molecule has 2 rings (SSSR count). The van der Waals surface area contributed by atoms with Crippen LogP contribution in [0.5, 0.6) is 0 Å². The van der Waals surface area contributed by atoms with E-state index in [1.807, 2.05) is 56.1 Å². The first-order chi connectivity index (χ1) is 13.5. The van der Waals surface area contributed by atoms with Crippen molar-refractivity contribution in [3.05, 3.63) is 35.9 Å². The Kier molecular flexibility index (Phi) is 11.6. The fraction of sp³-hybridized carbons (Fsp3) is 0.571. The highest BCUT2D eigenvalue weighted by Crippen LogP contribution is 2.10. The highest BCUT2D eigenvalue weighted by Gasteiger charge is 2.25. The van der Waals surface area contributed by atoms with Gasteiger partial charge in [-0.2, -0.15) is 0 Å². The lowest BCUT2D eigenvalue weighted by Crippen LogP contribution is -2.45. The van der Waals surface area contributed by atoms with E-state index in [4.69, 9.17) is 0 Å². The maximum atomic E-state index is 12.4. The average Bonchev–Trinajstić information content (AvgIpc) is 3.16. The summed E-state index contributed by atoms with van der Waals surface area (Å²) < 4.78 is 0. The van der Waals surface area contributed by atoms with Gasteiger partial charge in [0.05, 0.1) is 6.54 Å². The lowest BCUT2D eigenvalue weighted by Gasteiger charge is -2.19. The van der Waals surface area contributed by atoms with Crippen LogP contribution in [0.15, 0.2) is 35.3 Å². The van der Waals surface area contributed by atoms with Gasteiger partial charge in [0.15, 0.2) is 5.96 Å². The number of rotatable bonds is 8. The van der Waals surface area contributed by atoms with Gasteiger partial charge in [-0.05, 0) is 18.9 Å². The van der Waals surface area contributed by atoms with Gasteiger partial charge in [-0.3, -0.25) is 14.6 Å². The Labute approximate surface area is 191 Å². The highest BCUT2D eigenvalue weighted by molar-refractivity contribution is 14.0. The van der Waals surface area contributed by atoms with Crippen molar-refractivity contribution >= 4 is 41.8 Å². The van der Waals surface area contributed by atoms with Crippen LogP contribution in [0.2, 0.25) is 0 Å². The van der Waals surface area contributed by atoms with Crippen molar-refractivity contribution in [3.8, 4) is 0 Å². The molecule has 1 saturated heterocycles. The molecule has 1 heterocycles. The maximum Gasteiger partial charge on any atom is 0.224 e. The van der Waals surface area contributed by atoms with Crippen LogP contribution in [0.4, 0.5) is 0 Å². The first-order valence-corrected chi connectivity index (χ1v) is 10.1. The topological polar surface area (TPSA) is 77.0 Å². The third-order valence-electron chi connectivity index (χ3n) is 4.81. The molecule has 1 aliphatic rings. The normalized spacial score (nSPS) is 16.2. The van der Waals surface area contributed by atoms with Crippen LogP contribution in [0.25, 0.3) is 0 Å². The minimum Gasteiger partial charge on any atom is -0.357 e. The van der Waals surface area contributed by atoms with Crippen LogP contribution < -0.4 is 10.6 Å². The van der Waals surface area contributed by atoms with E-state index in [9.17, 15) is 9.59 Å². The summed E-state index contributed by atoms with van der Waals surface area (Å²) in [5.41, 5.74) is 1.12. The lowest BCUT2D eigenvalue weighted by atomic mass is 10.2. The van der Waals surface area contributed by atoms with Crippen molar-refractivity contribution in [3.63, 3.8) is 0 Å². The zero-order valence-electron chi connectivity index (χ0n) is 17.7. The van der Waals surface area contributed by atoms with Gasteiger partial charge >= 0.3 is 0 Å². The van der Waals surface area contributed by atoms with E-state index >= 15 is 0 Å². The molecule has 8 heteroatoms. The summed E-state index contributed by atoms with van der Waals surface area (Å²) in [6.45, 7) is 7.17. The number of carbonyl (C=O) groups excluding carboxylic acids is 2. The number of guanidine groups is 1. The number of hydrogen-bond acceptors (Lipinski definition) is 3. The number of aliphatic imine (C=N–C) groups is 1. The van der Waals surface area contributed by atoms with Crippen molar-refractivity contribution in [2.24, 2.45) is 4.99 Å². The summed E-state index contributed by atoms with van der Waals surface area (Å²) in [6, 6.07) is 10.2. The van der Waals surface area contributed by atoms with Crippen LogP contribution in [0, 0.1) is 0 Å². The molecule has 1 aliphatic heterocycles. The summed E-state index contributed by atoms with van der Waals surface area (Å²) >= 11 is 0. The molecule has 1 unspecified atom stereocenters. The van der Waals surface area contributed by atoms with Crippen molar-refractivity contribution in [1.29, 1.82) is 0 Å². The molecule has 2 amide bonds. The highest BCUT2D eigenvalue weighted by atomic mass is 127. The van der Waals surface area contributed by atoms with E-state index in [2.05, 4.69) is 15.6 Å². The van der Waals surface area contributed by atoms with Crippen LogP contribution in [-0.4, -0.2) is 66.8 Å². The Morgan fingerprint density at radius 3 is 2.62 bits per heavy atom. The molecule has 0 spiro atoms. The molecule has 0 aromatic heterocycles.